The largest absolute Gasteiger partial charge is 0.467 e. The van der Waals surface area contributed by atoms with E-state index in [0.717, 1.165) is 12.3 Å². The van der Waals surface area contributed by atoms with Crippen molar-refractivity contribution < 1.29 is 13.9 Å². The van der Waals surface area contributed by atoms with Gasteiger partial charge in [0.15, 0.2) is 0 Å². The molecule has 0 fully saturated rings. The number of allylic oxidation sites excluding steroid dienone is 1. The van der Waals surface area contributed by atoms with Gasteiger partial charge in [-0.25, -0.2) is 4.79 Å². The molecule has 0 spiro atoms. The number of carbonyl (C=O) groups excluding carboxylic acids is 1. The van der Waals surface area contributed by atoms with Crippen LogP contribution < -0.4 is 5.32 Å². The molecule has 0 radical (unpaired) electrons. The fraction of sp³-hybridized carbons (Fsp3) is 0.417. The molecule has 4 heteroatoms. The van der Waals surface area contributed by atoms with Gasteiger partial charge in [0.05, 0.1) is 19.2 Å². The summed E-state index contributed by atoms with van der Waals surface area (Å²) in [6, 6.07) is 1.68. The van der Waals surface area contributed by atoms with Crippen LogP contribution >= 0.6 is 0 Å². The molecule has 0 bridgehead atoms. The Morgan fingerprint density at radius 2 is 2.31 bits per heavy atom. The van der Waals surface area contributed by atoms with Crippen molar-refractivity contribution >= 4 is 5.97 Å². The molecule has 0 atom stereocenters. The van der Waals surface area contributed by atoms with E-state index in [0.29, 0.717) is 12.1 Å². The summed E-state index contributed by atoms with van der Waals surface area (Å²) in [4.78, 5) is 11.1. The summed E-state index contributed by atoms with van der Waals surface area (Å²) in [5.74, 6) is 0.349. The first kappa shape index (κ1) is 12.5. The van der Waals surface area contributed by atoms with Crippen LogP contribution in [-0.4, -0.2) is 19.6 Å². The maximum atomic E-state index is 11.1. The van der Waals surface area contributed by atoms with E-state index in [-0.39, 0.29) is 5.97 Å². The minimum atomic E-state index is -0.376. The molecule has 1 aromatic rings. The number of esters is 1. The second-order valence-corrected chi connectivity index (χ2v) is 3.71. The van der Waals surface area contributed by atoms with Gasteiger partial charge in [0.1, 0.15) is 12.0 Å². The van der Waals surface area contributed by atoms with Gasteiger partial charge < -0.3 is 14.5 Å². The predicted octanol–water partition coefficient (Wildman–Crippen LogP) is 2.12. The van der Waals surface area contributed by atoms with Crippen molar-refractivity contribution in [3.63, 3.8) is 0 Å². The summed E-state index contributed by atoms with van der Waals surface area (Å²) in [5.41, 5.74) is 1.71. The molecular weight excluding hydrogens is 206 g/mol. The van der Waals surface area contributed by atoms with Crippen molar-refractivity contribution in [2.24, 2.45) is 0 Å². The van der Waals surface area contributed by atoms with Crippen LogP contribution in [0, 0.1) is 0 Å². The zero-order valence-electron chi connectivity index (χ0n) is 9.87. The molecule has 0 aliphatic rings. The third-order valence-electron chi connectivity index (χ3n) is 2.03. The van der Waals surface area contributed by atoms with E-state index in [1.165, 1.54) is 18.9 Å². The second kappa shape index (κ2) is 6.12. The molecule has 0 aliphatic heterocycles. The van der Waals surface area contributed by atoms with Gasteiger partial charge in [-0.2, -0.15) is 0 Å². The highest BCUT2D eigenvalue weighted by molar-refractivity contribution is 5.88. The number of nitrogens with one attached hydrogen (secondary N) is 1. The van der Waals surface area contributed by atoms with Crippen LogP contribution in [0.5, 0.6) is 0 Å². The average molecular weight is 223 g/mol. The van der Waals surface area contributed by atoms with Crippen LogP contribution in [0.2, 0.25) is 0 Å². The first-order chi connectivity index (χ1) is 7.63. The molecule has 0 unspecified atom stereocenters. The molecule has 0 aromatic carbocycles. The van der Waals surface area contributed by atoms with Gasteiger partial charge in [-0.05, 0) is 19.9 Å². The third-order valence-corrected chi connectivity index (χ3v) is 2.03. The normalized spacial score (nSPS) is 9.94. The van der Waals surface area contributed by atoms with Gasteiger partial charge >= 0.3 is 5.97 Å². The highest BCUT2D eigenvalue weighted by Crippen LogP contribution is 2.08. The van der Waals surface area contributed by atoms with Crippen LogP contribution in [0.4, 0.5) is 0 Å². The molecular formula is C12H17NO3. The number of hydrogen-bond acceptors (Lipinski definition) is 4. The highest BCUT2D eigenvalue weighted by atomic mass is 16.5. The van der Waals surface area contributed by atoms with Crippen molar-refractivity contribution in [3.8, 4) is 0 Å². The van der Waals surface area contributed by atoms with Crippen molar-refractivity contribution in [2.45, 2.75) is 20.4 Å². The SMILES string of the molecule is COC(=O)c1coc(CNCC=C(C)C)c1. The van der Waals surface area contributed by atoms with Gasteiger partial charge in [-0.1, -0.05) is 11.6 Å². The van der Waals surface area contributed by atoms with Gasteiger partial charge in [0.25, 0.3) is 0 Å². The van der Waals surface area contributed by atoms with Crippen molar-refractivity contribution in [1.29, 1.82) is 0 Å². The van der Waals surface area contributed by atoms with Gasteiger partial charge in [-0.15, -0.1) is 0 Å². The lowest BCUT2D eigenvalue weighted by Crippen LogP contribution is -2.12. The monoisotopic (exact) mass is 223 g/mol. The zero-order valence-corrected chi connectivity index (χ0v) is 9.87. The van der Waals surface area contributed by atoms with Gasteiger partial charge in [0, 0.05) is 6.54 Å². The topological polar surface area (TPSA) is 51.5 Å². The van der Waals surface area contributed by atoms with Crippen molar-refractivity contribution in [3.05, 3.63) is 35.3 Å². The zero-order chi connectivity index (χ0) is 12.0. The van der Waals surface area contributed by atoms with Crippen LogP contribution in [0.1, 0.15) is 30.0 Å². The fourth-order valence-corrected chi connectivity index (χ4v) is 1.17. The quantitative estimate of drug-likeness (QED) is 0.472. The third kappa shape index (κ3) is 3.90. The van der Waals surface area contributed by atoms with E-state index in [1.54, 1.807) is 6.07 Å². The maximum Gasteiger partial charge on any atom is 0.341 e. The van der Waals surface area contributed by atoms with Gasteiger partial charge in [-0.3, -0.25) is 0 Å². The first-order valence-corrected chi connectivity index (χ1v) is 5.13. The summed E-state index contributed by atoms with van der Waals surface area (Å²) in [5, 5.41) is 3.18. The minimum absolute atomic E-state index is 0.376. The van der Waals surface area contributed by atoms with E-state index in [9.17, 15) is 4.79 Å². The molecule has 1 aromatic heterocycles. The molecule has 88 valence electrons. The van der Waals surface area contributed by atoms with E-state index in [1.807, 2.05) is 13.8 Å². The Balaban J connectivity index is 2.41. The molecule has 1 heterocycles. The Kier molecular flexibility index (Phi) is 4.79. The molecule has 16 heavy (non-hydrogen) atoms. The van der Waals surface area contributed by atoms with Crippen LogP contribution in [0.15, 0.2) is 28.4 Å². The van der Waals surface area contributed by atoms with Crippen molar-refractivity contribution in [1.82, 2.24) is 5.32 Å². The lowest BCUT2D eigenvalue weighted by molar-refractivity contribution is 0.0600. The van der Waals surface area contributed by atoms with E-state index >= 15 is 0 Å². The molecule has 4 nitrogen and oxygen atoms in total. The summed E-state index contributed by atoms with van der Waals surface area (Å²) in [6.07, 6.45) is 3.49. The number of ether oxygens (including phenoxy) is 1. The van der Waals surface area contributed by atoms with E-state index < -0.39 is 0 Å². The molecule has 0 saturated heterocycles. The Labute approximate surface area is 95.3 Å². The number of furan rings is 1. The number of carbonyl (C=O) groups is 1. The number of hydrogen-bond donors (Lipinski definition) is 1. The highest BCUT2D eigenvalue weighted by Gasteiger charge is 2.09. The smallest absolute Gasteiger partial charge is 0.341 e. The van der Waals surface area contributed by atoms with E-state index in [4.69, 9.17) is 4.42 Å². The Morgan fingerprint density at radius 1 is 1.56 bits per heavy atom. The second-order valence-electron chi connectivity index (χ2n) is 3.71. The molecule has 0 saturated carbocycles. The number of rotatable bonds is 5. The lowest BCUT2D eigenvalue weighted by atomic mass is 10.3. The van der Waals surface area contributed by atoms with Crippen LogP contribution in [0.3, 0.4) is 0 Å². The molecule has 0 amide bonds. The summed E-state index contributed by atoms with van der Waals surface area (Å²) in [7, 11) is 1.35. The average Bonchev–Trinajstić information content (AvgIpc) is 2.71. The predicted molar refractivity (Wildman–Crippen MR) is 61.2 cm³/mol. The minimum Gasteiger partial charge on any atom is -0.467 e. The standard InChI is InChI=1S/C12H17NO3/c1-9(2)4-5-13-7-11-6-10(8-16-11)12(14)15-3/h4,6,8,13H,5,7H2,1-3H3. The van der Waals surface area contributed by atoms with Crippen LogP contribution in [-0.2, 0) is 11.3 Å². The fourth-order valence-electron chi connectivity index (χ4n) is 1.17. The van der Waals surface area contributed by atoms with Crippen molar-refractivity contribution in [2.75, 3.05) is 13.7 Å². The molecule has 1 N–H and O–H groups in total. The lowest BCUT2D eigenvalue weighted by Gasteiger charge is -1.97. The summed E-state index contributed by atoms with van der Waals surface area (Å²) in [6.45, 7) is 5.48. The Morgan fingerprint density at radius 3 is 2.94 bits per heavy atom. The van der Waals surface area contributed by atoms with E-state index in [2.05, 4.69) is 16.1 Å². The van der Waals surface area contributed by atoms with Gasteiger partial charge in [0.2, 0.25) is 0 Å². The molecule has 0 aliphatic carbocycles. The summed E-state index contributed by atoms with van der Waals surface area (Å²) >= 11 is 0. The Bertz CT molecular complexity index is 375. The van der Waals surface area contributed by atoms with Crippen LogP contribution in [0.25, 0.3) is 0 Å². The molecule has 1 rings (SSSR count). The maximum absolute atomic E-state index is 11.1. The Hall–Kier alpha value is -1.55. The number of methoxy groups -OCH3 is 1. The summed E-state index contributed by atoms with van der Waals surface area (Å²) < 4.78 is 9.79. The first-order valence-electron chi connectivity index (χ1n) is 5.13.